The number of rotatable bonds is 7. The number of nitrogens with one attached hydrogen (secondary N) is 1. The van der Waals surface area contributed by atoms with Gasteiger partial charge in [0.05, 0.1) is 35.5 Å². The molecule has 0 aliphatic heterocycles. The number of aromatic nitrogens is 2. The molecule has 29 heavy (non-hydrogen) atoms. The van der Waals surface area contributed by atoms with Gasteiger partial charge in [0.1, 0.15) is 11.3 Å². The first-order chi connectivity index (χ1) is 14.0. The van der Waals surface area contributed by atoms with E-state index in [0.29, 0.717) is 21.8 Å². The highest BCUT2D eigenvalue weighted by atomic mass is 32.2. The molecular weight excluding hydrogens is 388 g/mol. The molecule has 1 aromatic carbocycles. The number of carbonyl (C=O) groups is 1. The molecule has 1 fully saturated rings. The van der Waals surface area contributed by atoms with Crippen molar-refractivity contribution in [1.29, 1.82) is 5.26 Å². The van der Waals surface area contributed by atoms with E-state index in [0.717, 1.165) is 12.8 Å². The van der Waals surface area contributed by atoms with Crippen LogP contribution < -0.4 is 10.9 Å². The molecule has 1 atom stereocenters. The lowest BCUT2D eigenvalue weighted by molar-refractivity contribution is -0.119. The zero-order chi connectivity index (χ0) is 20.4. The summed E-state index contributed by atoms with van der Waals surface area (Å²) in [4.78, 5) is 30.1. The largest absolute Gasteiger partial charge is 0.467 e. The van der Waals surface area contributed by atoms with Gasteiger partial charge in [-0.25, -0.2) is 4.98 Å². The Bertz CT molecular complexity index is 1140. The standard InChI is InChI=1S/C21H20N4O3S/c1-21(13-22,14-8-9-14)24-18(26)12-29-20-23-17-7-3-2-6-16(17)19(27)25(20)11-15-5-4-10-28-15/h2-7,10,14H,8-9,11-12H2,1H3,(H,24,26). The van der Waals surface area contributed by atoms with Crippen LogP contribution in [0.2, 0.25) is 0 Å². The summed E-state index contributed by atoms with van der Waals surface area (Å²) >= 11 is 1.18. The molecule has 148 valence electrons. The minimum absolute atomic E-state index is 0.0624. The Hall–Kier alpha value is -3.05. The highest BCUT2D eigenvalue weighted by molar-refractivity contribution is 7.99. The van der Waals surface area contributed by atoms with Gasteiger partial charge in [0, 0.05) is 0 Å². The number of thioether (sulfide) groups is 1. The molecule has 3 aromatic rings. The molecule has 1 aliphatic carbocycles. The number of hydrogen-bond acceptors (Lipinski definition) is 6. The fourth-order valence-corrected chi connectivity index (χ4v) is 4.09. The van der Waals surface area contributed by atoms with Gasteiger partial charge in [0.25, 0.3) is 5.56 Å². The molecule has 7 nitrogen and oxygen atoms in total. The van der Waals surface area contributed by atoms with Crippen molar-refractivity contribution in [2.24, 2.45) is 5.92 Å². The van der Waals surface area contributed by atoms with Crippen molar-refractivity contribution in [3.63, 3.8) is 0 Å². The van der Waals surface area contributed by atoms with Gasteiger partial charge < -0.3 is 9.73 Å². The van der Waals surface area contributed by atoms with Crippen LogP contribution in [0.3, 0.4) is 0 Å². The van der Waals surface area contributed by atoms with Gasteiger partial charge in [-0.3, -0.25) is 14.2 Å². The number of amides is 1. The molecular formula is C21H20N4O3S. The lowest BCUT2D eigenvalue weighted by Crippen LogP contribution is -2.47. The number of carbonyl (C=O) groups excluding carboxylic acids is 1. The Morgan fingerprint density at radius 1 is 1.38 bits per heavy atom. The van der Waals surface area contributed by atoms with Gasteiger partial charge in [-0.2, -0.15) is 5.26 Å². The molecule has 0 saturated heterocycles. The monoisotopic (exact) mass is 408 g/mol. The highest BCUT2D eigenvalue weighted by Gasteiger charge is 2.42. The van der Waals surface area contributed by atoms with Crippen molar-refractivity contribution in [2.75, 3.05) is 5.75 Å². The van der Waals surface area contributed by atoms with Crippen molar-refractivity contribution >= 4 is 28.6 Å². The zero-order valence-electron chi connectivity index (χ0n) is 15.9. The number of fused-ring (bicyclic) bond motifs is 1. The normalized spacial score (nSPS) is 15.6. The first-order valence-corrected chi connectivity index (χ1v) is 10.4. The fraction of sp³-hybridized carbons (Fsp3) is 0.333. The molecule has 0 radical (unpaired) electrons. The summed E-state index contributed by atoms with van der Waals surface area (Å²) in [5.74, 6) is 0.643. The van der Waals surface area contributed by atoms with Crippen molar-refractivity contribution in [2.45, 2.75) is 37.0 Å². The maximum absolute atomic E-state index is 13.0. The van der Waals surface area contributed by atoms with E-state index in [1.54, 1.807) is 43.5 Å². The van der Waals surface area contributed by atoms with E-state index in [2.05, 4.69) is 16.4 Å². The lowest BCUT2D eigenvalue weighted by atomic mass is 9.98. The number of benzene rings is 1. The molecule has 0 bridgehead atoms. The highest BCUT2D eigenvalue weighted by Crippen LogP contribution is 2.39. The second kappa shape index (κ2) is 7.76. The van der Waals surface area contributed by atoms with Gasteiger partial charge in [-0.15, -0.1) is 0 Å². The minimum Gasteiger partial charge on any atom is -0.467 e. The first kappa shape index (κ1) is 19.3. The SMILES string of the molecule is CC(C#N)(NC(=O)CSc1nc2ccccc2c(=O)n1Cc1ccco1)C1CC1. The number of nitriles is 1. The summed E-state index contributed by atoms with van der Waals surface area (Å²) in [6.45, 7) is 1.99. The van der Waals surface area contributed by atoms with E-state index < -0.39 is 5.54 Å². The molecule has 2 heterocycles. The fourth-order valence-electron chi connectivity index (χ4n) is 3.29. The van der Waals surface area contributed by atoms with Crippen molar-refractivity contribution in [1.82, 2.24) is 14.9 Å². The van der Waals surface area contributed by atoms with Gasteiger partial charge in [-0.1, -0.05) is 23.9 Å². The molecule has 1 saturated carbocycles. The quantitative estimate of drug-likeness (QED) is 0.476. The van der Waals surface area contributed by atoms with Gasteiger partial charge >= 0.3 is 0 Å². The molecule has 1 amide bonds. The lowest BCUT2D eigenvalue weighted by Gasteiger charge is -2.22. The number of hydrogen-bond donors (Lipinski definition) is 1. The van der Waals surface area contributed by atoms with Gasteiger partial charge in [0.2, 0.25) is 5.91 Å². The Morgan fingerprint density at radius 2 is 2.17 bits per heavy atom. The van der Waals surface area contributed by atoms with Crippen LogP contribution in [0.5, 0.6) is 0 Å². The van der Waals surface area contributed by atoms with E-state index >= 15 is 0 Å². The molecule has 2 aromatic heterocycles. The topological polar surface area (TPSA) is 101 Å². The average molecular weight is 408 g/mol. The van der Waals surface area contributed by atoms with Crippen LogP contribution in [0.15, 0.2) is 57.0 Å². The van der Waals surface area contributed by atoms with Crippen molar-refractivity contribution < 1.29 is 9.21 Å². The van der Waals surface area contributed by atoms with E-state index in [1.807, 2.05) is 6.07 Å². The summed E-state index contributed by atoms with van der Waals surface area (Å²) in [7, 11) is 0. The van der Waals surface area contributed by atoms with E-state index in [1.165, 1.54) is 16.3 Å². The third kappa shape index (κ3) is 4.05. The summed E-state index contributed by atoms with van der Waals surface area (Å²) in [5, 5.41) is 13.2. The molecule has 1 aliphatic rings. The molecule has 8 heteroatoms. The Labute approximate surface area is 171 Å². The van der Waals surface area contributed by atoms with Crippen LogP contribution >= 0.6 is 11.8 Å². The minimum atomic E-state index is -0.845. The third-order valence-electron chi connectivity index (χ3n) is 5.08. The summed E-state index contributed by atoms with van der Waals surface area (Å²) in [5.41, 5.74) is -0.451. The number of furan rings is 1. The van der Waals surface area contributed by atoms with E-state index in [4.69, 9.17) is 4.42 Å². The van der Waals surface area contributed by atoms with Crippen molar-refractivity contribution in [3.8, 4) is 6.07 Å². The third-order valence-corrected chi connectivity index (χ3v) is 6.05. The maximum Gasteiger partial charge on any atom is 0.262 e. The maximum atomic E-state index is 13.0. The van der Waals surface area contributed by atoms with Crippen LogP contribution in [0.1, 0.15) is 25.5 Å². The smallest absolute Gasteiger partial charge is 0.262 e. The van der Waals surface area contributed by atoms with E-state index in [9.17, 15) is 14.9 Å². The van der Waals surface area contributed by atoms with Crippen molar-refractivity contribution in [3.05, 3.63) is 58.8 Å². The van der Waals surface area contributed by atoms with E-state index in [-0.39, 0.29) is 29.7 Å². The number of nitrogens with zero attached hydrogens (tertiary/aromatic N) is 3. The van der Waals surface area contributed by atoms with Crippen LogP contribution in [-0.2, 0) is 11.3 Å². The second-order valence-corrected chi connectivity index (χ2v) is 8.25. The van der Waals surface area contributed by atoms with Crippen LogP contribution in [-0.4, -0.2) is 26.8 Å². The van der Waals surface area contributed by atoms with Crippen LogP contribution in [0.25, 0.3) is 10.9 Å². The summed E-state index contributed by atoms with van der Waals surface area (Å²) in [6, 6.07) is 12.9. The summed E-state index contributed by atoms with van der Waals surface area (Å²) in [6.07, 6.45) is 3.45. The Morgan fingerprint density at radius 3 is 2.86 bits per heavy atom. The zero-order valence-corrected chi connectivity index (χ0v) is 16.7. The average Bonchev–Trinajstić information content (AvgIpc) is 3.47. The summed E-state index contributed by atoms with van der Waals surface area (Å²) < 4.78 is 6.90. The second-order valence-electron chi connectivity index (χ2n) is 7.31. The Kier molecular flexibility index (Phi) is 5.16. The van der Waals surface area contributed by atoms with Crippen LogP contribution in [0, 0.1) is 17.2 Å². The molecule has 4 rings (SSSR count). The molecule has 1 N–H and O–H groups in total. The predicted molar refractivity (Wildman–Crippen MR) is 109 cm³/mol. The first-order valence-electron chi connectivity index (χ1n) is 9.37. The predicted octanol–water partition coefficient (Wildman–Crippen LogP) is 2.94. The molecule has 0 spiro atoms. The van der Waals surface area contributed by atoms with Gasteiger partial charge in [-0.05, 0) is 49.9 Å². The number of para-hydroxylation sites is 1. The Balaban J connectivity index is 1.59. The molecule has 1 unspecified atom stereocenters. The van der Waals surface area contributed by atoms with Crippen LogP contribution in [0.4, 0.5) is 0 Å². The van der Waals surface area contributed by atoms with Gasteiger partial charge in [0.15, 0.2) is 5.16 Å².